The Bertz CT molecular complexity index is 646. The molecule has 1 atom stereocenters. The first-order chi connectivity index (χ1) is 10.0. The number of fused-ring (bicyclic) bond motifs is 1. The molecule has 0 spiro atoms. The van der Waals surface area contributed by atoms with Crippen molar-refractivity contribution in [3.8, 4) is 5.75 Å². The lowest BCUT2D eigenvalue weighted by molar-refractivity contribution is 0.130. The minimum atomic E-state index is -0.754. The minimum Gasteiger partial charge on any atom is -0.487 e. The van der Waals surface area contributed by atoms with Crippen LogP contribution in [-0.4, -0.2) is 20.3 Å². The maximum absolute atomic E-state index is 10.8. The van der Waals surface area contributed by atoms with Crippen LogP contribution in [0.1, 0.15) is 50.2 Å². The quantitative estimate of drug-likeness (QED) is 0.939. The minimum absolute atomic E-state index is 0.211. The molecule has 112 valence electrons. The van der Waals surface area contributed by atoms with Crippen molar-refractivity contribution in [2.24, 2.45) is 0 Å². The van der Waals surface area contributed by atoms with Gasteiger partial charge in [-0.2, -0.15) is 0 Å². The van der Waals surface area contributed by atoms with Crippen molar-refractivity contribution in [1.82, 2.24) is 9.55 Å². The van der Waals surface area contributed by atoms with Crippen LogP contribution < -0.4 is 4.74 Å². The van der Waals surface area contributed by atoms with Gasteiger partial charge in [0.2, 0.25) is 0 Å². The molecule has 2 aromatic rings. The number of ether oxygens (including phenoxy) is 1. The molecule has 1 aromatic carbocycles. The number of benzene rings is 1. The van der Waals surface area contributed by atoms with Crippen molar-refractivity contribution < 1.29 is 9.84 Å². The lowest BCUT2D eigenvalue weighted by Gasteiger charge is -2.20. The number of aliphatic hydroxyl groups excluding tert-OH is 1. The summed E-state index contributed by atoms with van der Waals surface area (Å²) in [7, 11) is 0. The molecule has 0 aliphatic carbocycles. The number of aliphatic hydroxyl groups is 1. The van der Waals surface area contributed by atoms with Gasteiger partial charge in [-0.25, -0.2) is 4.98 Å². The zero-order valence-corrected chi connectivity index (χ0v) is 12.8. The molecule has 4 heteroatoms. The van der Waals surface area contributed by atoms with Crippen LogP contribution in [0, 0.1) is 0 Å². The molecule has 3 rings (SSSR count). The smallest absolute Gasteiger partial charge is 0.142 e. The Morgan fingerprint density at radius 2 is 2.24 bits per heavy atom. The molecule has 1 aliphatic rings. The first kappa shape index (κ1) is 14.1. The van der Waals surface area contributed by atoms with Crippen molar-refractivity contribution in [2.45, 2.75) is 51.9 Å². The molecular formula is C17H22N2O2. The maximum atomic E-state index is 10.8. The summed E-state index contributed by atoms with van der Waals surface area (Å²) in [6.45, 7) is 7.11. The Morgan fingerprint density at radius 3 is 3.00 bits per heavy atom. The summed E-state index contributed by atoms with van der Waals surface area (Å²) in [6, 6.07) is 5.98. The lowest BCUT2D eigenvalue weighted by Crippen LogP contribution is -2.25. The fourth-order valence-corrected chi connectivity index (χ4v) is 2.99. The SMILES string of the molecule is CCCn1ccnc1C(O)c1cccc2c1OC(C)(C)C2. The Kier molecular flexibility index (Phi) is 3.49. The molecule has 0 saturated heterocycles. The van der Waals surface area contributed by atoms with Crippen molar-refractivity contribution in [2.75, 3.05) is 0 Å². The second-order valence-corrected chi connectivity index (χ2v) is 6.26. The average molecular weight is 286 g/mol. The van der Waals surface area contributed by atoms with E-state index in [9.17, 15) is 5.11 Å². The van der Waals surface area contributed by atoms with E-state index in [-0.39, 0.29) is 5.60 Å². The standard InChI is InChI=1S/C17H22N2O2/c1-4-9-19-10-8-18-16(19)14(20)13-7-5-6-12-11-17(2,3)21-15(12)13/h5-8,10,14,20H,4,9,11H2,1-3H3. The number of hydrogen-bond donors (Lipinski definition) is 1. The molecule has 21 heavy (non-hydrogen) atoms. The molecule has 1 aliphatic heterocycles. The normalized spacial score (nSPS) is 17.3. The molecule has 4 nitrogen and oxygen atoms in total. The van der Waals surface area contributed by atoms with Gasteiger partial charge in [0.15, 0.2) is 0 Å². The van der Waals surface area contributed by atoms with Gasteiger partial charge in [-0.3, -0.25) is 0 Å². The van der Waals surface area contributed by atoms with Gasteiger partial charge in [-0.05, 0) is 25.8 Å². The highest BCUT2D eigenvalue weighted by Gasteiger charge is 2.33. The average Bonchev–Trinajstić information content (AvgIpc) is 3.00. The molecule has 2 heterocycles. The highest BCUT2D eigenvalue weighted by Crippen LogP contribution is 2.41. The van der Waals surface area contributed by atoms with E-state index in [2.05, 4.69) is 31.8 Å². The molecule has 0 amide bonds. The first-order valence-electron chi connectivity index (χ1n) is 7.52. The van der Waals surface area contributed by atoms with Crippen LogP contribution in [0.2, 0.25) is 0 Å². The Morgan fingerprint density at radius 1 is 1.43 bits per heavy atom. The molecule has 0 radical (unpaired) electrons. The van der Waals surface area contributed by atoms with Crippen LogP contribution >= 0.6 is 0 Å². The Hall–Kier alpha value is -1.81. The van der Waals surface area contributed by atoms with E-state index in [0.29, 0.717) is 5.82 Å². The van der Waals surface area contributed by atoms with E-state index in [1.165, 1.54) is 0 Å². The van der Waals surface area contributed by atoms with Crippen LogP contribution in [0.3, 0.4) is 0 Å². The fourth-order valence-electron chi connectivity index (χ4n) is 2.99. The number of nitrogens with zero attached hydrogens (tertiary/aromatic N) is 2. The van der Waals surface area contributed by atoms with E-state index >= 15 is 0 Å². The summed E-state index contributed by atoms with van der Waals surface area (Å²) in [5, 5.41) is 10.8. The van der Waals surface area contributed by atoms with Gasteiger partial charge in [-0.1, -0.05) is 25.1 Å². The second-order valence-electron chi connectivity index (χ2n) is 6.26. The van der Waals surface area contributed by atoms with Crippen molar-refractivity contribution in [1.29, 1.82) is 0 Å². The molecule has 0 bridgehead atoms. The van der Waals surface area contributed by atoms with Crippen LogP contribution in [0.15, 0.2) is 30.6 Å². The predicted octanol–water partition coefficient (Wildman–Crippen LogP) is 3.09. The number of aromatic nitrogens is 2. The van der Waals surface area contributed by atoms with E-state index in [1.54, 1.807) is 6.20 Å². The number of imidazole rings is 1. The van der Waals surface area contributed by atoms with Crippen molar-refractivity contribution in [3.63, 3.8) is 0 Å². The van der Waals surface area contributed by atoms with E-state index in [4.69, 9.17) is 4.74 Å². The maximum Gasteiger partial charge on any atom is 0.142 e. The topological polar surface area (TPSA) is 47.3 Å². The third kappa shape index (κ3) is 2.56. The molecule has 0 fully saturated rings. The van der Waals surface area contributed by atoms with Crippen LogP contribution in [-0.2, 0) is 13.0 Å². The molecule has 1 unspecified atom stereocenters. The summed E-state index contributed by atoms with van der Waals surface area (Å²) < 4.78 is 8.05. The Labute approximate surface area is 125 Å². The first-order valence-corrected chi connectivity index (χ1v) is 7.52. The lowest BCUT2D eigenvalue weighted by atomic mass is 9.99. The third-order valence-corrected chi connectivity index (χ3v) is 3.87. The molecule has 0 saturated carbocycles. The zero-order chi connectivity index (χ0) is 15.0. The van der Waals surface area contributed by atoms with Gasteiger partial charge < -0.3 is 14.4 Å². The molecular weight excluding hydrogens is 264 g/mol. The summed E-state index contributed by atoms with van der Waals surface area (Å²) in [5.74, 6) is 1.50. The highest BCUT2D eigenvalue weighted by atomic mass is 16.5. The summed E-state index contributed by atoms with van der Waals surface area (Å²) in [4.78, 5) is 4.33. The monoisotopic (exact) mass is 286 g/mol. The number of hydrogen-bond acceptors (Lipinski definition) is 3. The van der Waals surface area contributed by atoms with E-state index in [1.807, 2.05) is 22.9 Å². The van der Waals surface area contributed by atoms with Crippen LogP contribution in [0.4, 0.5) is 0 Å². The molecule has 1 aromatic heterocycles. The van der Waals surface area contributed by atoms with Gasteiger partial charge in [0.25, 0.3) is 0 Å². The number of rotatable bonds is 4. The molecule has 1 N–H and O–H groups in total. The van der Waals surface area contributed by atoms with Crippen molar-refractivity contribution >= 4 is 0 Å². The summed E-state index contributed by atoms with van der Waals surface area (Å²) in [5.41, 5.74) is 1.75. The van der Waals surface area contributed by atoms with Crippen LogP contribution in [0.5, 0.6) is 5.75 Å². The number of para-hydroxylation sites is 1. The predicted molar refractivity (Wildman–Crippen MR) is 81.4 cm³/mol. The Balaban J connectivity index is 1.98. The van der Waals surface area contributed by atoms with Gasteiger partial charge in [0.1, 0.15) is 23.3 Å². The zero-order valence-electron chi connectivity index (χ0n) is 12.8. The van der Waals surface area contributed by atoms with E-state index in [0.717, 1.165) is 36.3 Å². The largest absolute Gasteiger partial charge is 0.487 e. The number of aryl methyl sites for hydroxylation is 1. The highest BCUT2D eigenvalue weighted by molar-refractivity contribution is 5.48. The van der Waals surface area contributed by atoms with Crippen LogP contribution in [0.25, 0.3) is 0 Å². The third-order valence-electron chi connectivity index (χ3n) is 3.87. The van der Waals surface area contributed by atoms with Crippen molar-refractivity contribution in [3.05, 3.63) is 47.5 Å². The fraction of sp³-hybridized carbons (Fsp3) is 0.471. The van der Waals surface area contributed by atoms with Gasteiger partial charge >= 0.3 is 0 Å². The van der Waals surface area contributed by atoms with Gasteiger partial charge in [-0.15, -0.1) is 0 Å². The summed E-state index contributed by atoms with van der Waals surface area (Å²) >= 11 is 0. The van der Waals surface area contributed by atoms with E-state index < -0.39 is 6.10 Å². The van der Waals surface area contributed by atoms with Gasteiger partial charge in [0, 0.05) is 30.9 Å². The van der Waals surface area contributed by atoms with Gasteiger partial charge in [0.05, 0.1) is 0 Å². The second kappa shape index (κ2) is 5.19. The summed E-state index contributed by atoms with van der Waals surface area (Å²) in [6.07, 6.45) is 4.77.